The maximum Gasteiger partial charge on any atom is 0.430 e. The molecule has 0 spiro atoms. The van der Waals surface area contributed by atoms with Crippen LogP contribution in [0.1, 0.15) is 15.9 Å². The molecular weight excluding hydrogens is 251 g/mol. The Kier molecular flexibility index (Phi) is 3.38. The summed E-state index contributed by atoms with van der Waals surface area (Å²) in [5, 5.41) is 28.3. The zero-order valence-corrected chi connectivity index (χ0v) is 10.00. The van der Waals surface area contributed by atoms with E-state index in [0.29, 0.717) is 12.0 Å². The highest BCUT2D eigenvalue weighted by atomic mass is 16.6. The zero-order valence-electron chi connectivity index (χ0n) is 10.00. The van der Waals surface area contributed by atoms with Crippen LogP contribution in [-0.2, 0) is 6.42 Å². The monoisotopic (exact) mass is 263 g/mol. The molecule has 1 aromatic carbocycles. The predicted octanol–water partition coefficient (Wildman–Crippen LogP) is 0.255. The van der Waals surface area contributed by atoms with Gasteiger partial charge in [0.15, 0.2) is 0 Å². The average molecular weight is 263 g/mol. The normalized spacial score (nSPS) is 15.8. The van der Waals surface area contributed by atoms with Crippen LogP contribution in [0.4, 0.5) is 0 Å². The molecule has 0 aromatic heterocycles. The highest BCUT2D eigenvalue weighted by Crippen LogP contribution is 2.38. The van der Waals surface area contributed by atoms with E-state index in [1.807, 2.05) is 0 Å². The van der Waals surface area contributed by atoms with Crippen LogP contribution < -0.4 is 9.39 Å². The molecule has 3 N–H and O–H groups in total. The van der Waals surface area contributed by atoms with E-state index in [-0.39, 0.29) is 30.0 Å². The van der Waals surface area contributed by atoms with E-state index < -0.39 is 12.7 Å². The van der Waals surface area contributed by atoms with Gasteiger partial charge >= 0.3 is 12.7 Å². The smallest absolute Gasteiger partial charge is 0.430 e. The third-order valence-electron chi connectivity index (χ3n) is 2.82. The number of terminal acetylenes is 1. The first kappa shape index (κ1) is 13.3. The Morgan fingerprint density at radius 3 is 2.89 bits per heavy atom. The molecule has 19 heavy (non-hydrogen) atoms. The van der Waals surface area contributed by atoms with Gasteiger partial charge in [0.1, 0.15) is 17.9 Å². The second-order valence-electron chi connectivity index (χ2n) is 4.24. The molecule has 0 amide bonds. The Morgan fingerprint density at radius 2 is 2.26 bits per heavy atom. The minimum absolute atomic E-state index is 0.0244. The SMILES string of the molecule is C#CCOc1ccc2c(c1C(=O)O)O[B-](O)(O)CC2. The van der Waals surface area contributed by atoms with Gasteiger partial charge in [-0.2, -0.15) is 0 Å². The predicted molar refractivity (Wildman–Crippen MR) is 67.1 cm³/mol. The van der Waals surface area contributed by atoms with E-state index in [4.69, 9.17) is 15.8 Å². The first-order valence-corrected chi connectivity index (χ1v) is 5.69. The summed E-state index contributed by atoms with van der Waals surface area (Å²) in [7, 11) is 0. The summed E-state index contributed by atoms with van der Waals surface area (Å²) in [6.07, 6.45) is 5.39. The molecule has 2 rings (SSSR count). The number of rotatable bonds is 3. The van der Waals surface area contributed by atoms with E-state index in [2.05, 4.69) is 5.92 Å². The van der Waals surface area contributed by atoms with Gasteiger partial charge in [-0.3, -0.25) is 0 Å². The number of carboxylic acid groups (broad SMARTS) is 1. The minimum Gasteiger partial charge on any atom is -0.669 e. The number of aryl methyl sites for hydroxylation is 1. The van der Waals surface area contributed by atoms with Crippen LogP contribution in [0.15, 0.2) is 12.1 Å². The summed E-state index contributed by atoms with van der Waals surface area (Å²) in [5.41, 5.74) is 0.341. The Hall–Kier alpha value is -2.17. The molecule has 0 unspecified atom stereocenters. The van der Waals surface area contributed by atoms with Crippen molar-refractivity contribution in [2.45, 2.75) is 12.7 Å². The molecule has 0 aliphatic carbocycles. The fourth-order valence-corrected chi connectivity index (χ4v) is 1.97. The van der Waals surface area contributed by atoms with Crippen molar-refractivity contribution < 1.29 is 29.3 Å². The maximum atomic E-state index is 11.3. The van der Waals surface area contributed by atoms with Crippen molar-refractivity contribution in [1.82, 2.24) is 0 Å². The number of carboxylic acids is 1. The fourth-order valence-electron chi connectivity index (χ4n) is 1.97. The quantitative estimate of drug-likeness (QED) is 0.534. The van der Waals surface area contributed by atoms with E-state index in [0.717, 1.165) is 0 Å². The standard InChI is InChI=1S/C12H12BO6/c1-2-7-18-9-4-3-8-5-6-13(16,17)19-11(8)10(9)12(14)15/h1,3-4,16-17H,5-7H2,(H,14,15)/q-1. The molecule has 1 aromatic rings. The van der Waals surface area contributed by atoms with Gasteiger partial charge in [-0.25, -0.2) is 4.79 Å². The van der Waals surface area contributed by atoms with Gasteiger partial charge in [0.25, 0.3) is 0 Å². The molecule has 0 saturated heterocycles. The van der Waals surface area contributed by atoms with Crippen molar-refractivity contribution in [2.75, 3.05) is 6.61 Å². The largest absolute Gasteiger partial charge is 0.669 e. The molecular formula is C12H12BO6-. The lowest BCUT2D eigenvalue weighted by atomic mass is 9.70. The third-order valence-corrected chi connectivity index (χ3v) is 2.82. The van der Waals surface area contributed by atoms with Crippen molar-refractivity contribution in [1.29, 1.82) is 0 Å². The molecule has 0 fully saturated rings. The van der Waals surface area contributed by atoms with Crippen molar-refractivity contribution in [2.24, 2.45) is 0 Å². The molecule has 1 heterocycles. The number of fused-ring (bicyclic) bond motifs is 1. The van der Waals surface area contributed by atoms with Crippen LogP contribution in [0.25, 0.3) is 0 Å². The number of hydrogen-bond acceptors (Lipinski definition) is 5. The van der Waals surface area contributed by atoms with Crippen molar-refractivity contribution in [3.8, 4) is 23.8 Å². The van der Waals surface area contributed by atoms with Crippen LogP contribution in [-0.4, -0.2) is 34.5 Å². The number of hydrogen-bond donors (Lipinski definition) is 3. The number of aromatic carboxylic acids is 1. The molecule has 1 aliphatic heterocycles. The molecule has 0 atom stereocenters. The Labute approximate surface area is 109 Å². The highest BCUT2D eigenvalue weighted by molar-refractivity contribution is 6.59. The molecule has 0 saturated carbocycles. The second-order valence-corrected chi connectivity index (χ2v) is 4.24. The van der Waals surface area contributed by atoms with E-state index >= 15 is 0 Å². The van der Waals surface area contributed by atoms with Crippen molar-refractivity contribution in [3.63, 3.8) is 0 Å². The summed E-state index contributed by atoms with van der Waals surface area (Å²) in [5.74, 6) is 0.916. The molecule has 0 radical (unpaired) electrons. The van der Waals surface area contributed by atoms with Gasteiger partial charge in [0.05, 0.1) is 5.75 Å². The topological polar surface area (TPSA) is 96.2 Å². The second kappa shape index (κ2) is 4.84. The average Bonchev–Trinajstić information content (AvgIpc) is 2.33. The van der Waals surface area contributed by atoms with Crippen LogP contribution in [0.2, 0.25) is 6.32 Å². The van der Waals surface area contributed by atoms with Gasteiger partial charge in [0, 0.05) is 0 Å². The molecule has 100 valence electrons. The zero-order chi connectivity index (χ0) is 14.0. The Morgan fingerprint density at radius 1 is 1.53 bits per heavy atom. The summed E-state index contributed by atoms with van der Waals surface area (Å²) in [4.78, 5) is 11.3. The van der Waals surface area contributed by atoms with Gasteiger partial charge in [-0.1, -0.05) is 18.3 Å². The first-order valence-electron chi connectivity index (χ1n) is 5.69. The fraction of sp³-hybridized carbons (Fsp3) is 0.250. The molecule has 0 bridgehead atoms. The summed E-state index contributed by atoms with van der Waals surface area (Å²) >= 11 is 0. The van der Waals surface area contributed by atoms with Gasteiger partial charge in [-0.15, -0.1) is 6.42 Å². The highest BCUT2D eigenvalue weighted by Gasteiger charge is 2.32. The summed E-state index contributed by atoms with van der Waals surface area (Å²) < 4.78 is 10.1. The van der Waals surface area contributed by atoms with Crippen LogP contribution in [0, 0.1) is 12.3 Å². The van der Waals surface area contributed by atoms with Crippen LogP contribution >= 0.6 is 0 Å². The van der Waals surface area contributed by atoms with Crippen molar-refractivity contribution >= 4 is 12.7 Å². The first-order chi connectivity index (χ1) is 8.94. The van der Waals surface area contributed by atoms with Crippen LogP contribution in [0.5, 0.6) is 11.5 Å². The summed E-state index contributed by atoms with van der Waals surface area (Å²) in [6.45, 7) is -3.12. The maximum absolute atomic E-state index is 11.3. The number of ether oxygens (including phenoxy) is 1. The van der Waals surface area contributed by atoms with Crippen LogP contribution in [0.3, 0.4) is 0 Å². The lowest BCUT2D eigenvalue weighted by Crippen LogP contribution is -2.45. The van der Waals surface area contributed by atoms with Crippen molar-refractivity contribution in [3.05, 3.63) is 23.3 Å². The minimum atomic E-state index is -3.03. The van der Waals surface area contributed by atoms with Gasteiger partial charge < -0.3 is 24.5 Å². The summed E-state index contributed by atoms with van der Waals surface area (Å²) in [6, 6.07) is 3.11. The third kappa shape index (κ3) is 2.65. The molecule has 1 aliphatic rings. The molecule has 7 heteroatoms. The van der Waals surface area contributed by atoms with E-state index in [9.17, 15) is 19.9 Å². The molecule has 6 nitrogen and oxygen atoms in total. The Balaban J connectivity index is 2.50. The van der Waals surface area contributed by atoms with E-state index in [1.165, 1.54) is 6.07 Å². The lowest BCUT2D eigenvalue weighted by Gasteiger charge is -2.37. The van der Waals surface area contributed by atoms with E-state index in [1.54, 1.807) is 6.07 Å². The number of carbonyl (C=O) groups is 1. The number of benzene rings is 1. The Bertz CT molecular complexity index is 560. The van der Waals surface area contributed by atoms with Gasteiger partial charge in [0.2, 0.25) is 0 Å². The lowest BCUT2D eigenvalue weighted by molar-refractivity contribution is 0.0689. The van der Waals surface area contributed by atoms with Gasteiger partial charge in [-0.05, 0) is 18.1 Å².